The molecule has 8 heteroatoms. The smallest absolute Gasteiger partial charge is 0.274 e. The number of hydrogen-bond acceptors (Lipinski definition) is 6. The highest BCUT2D eigenvalue weighted by Crippen LogP contribution is 2.21. The first-order chi connectivity index (χ1) is 12.2. The van der Waals surface area contributed by atoms with Crippen LogP contribution in [0, 0.1) is 12.3 Å². The number of rotatable bonds is 5. The first kappa shape index (κ1) is 18.3. The van der Waals surface area contributed by atoms with E-state index < -0.39 is 5.41 Å². The molecule has 0 saturated heterocycles. The van der Waals surface area contributed by atoms with Crippen LogP contribution in [0.15, 0.2) is 34.2 Å². The molecule has 2 heterocycles. The number of nitrogens with one attached hydrogen (secondary N) is 1. The van der Waals surface area contributed by atoms with Crippen molar-refractivity contribution >= 4 is 23.3 Å². The number of nitrogens with zero attached hydrogens (tertiary/aromatic N) is 4. The number of Topliss-reactive ketones (excluding diaryl/α,β-unsaturated/α-hetero) is 1. The summed E-state index contributed by atoms with van der Waals surface area (Å²) in [6.45, 7) is 7.66. The molecule has 0 radical (unpaired) electrons. The van der Waals surface area contributed by atoms with Gasteiger partial charge in [-0.2, -0.15) is 9.61 Å². The van der Waals surface area contributed by atoms with Crippen molar-refractivity contribution in [1.29, 1.82) is 0 Å². The summed E-state index contributed by atoms with van der Waals surface area (Å²) in [5.41, 5.74) is 1.84. The third-order valence-corrected chi connectivity index (χ3v) is 4.90. The molecule has 3 rings (SSSR count). The number of H-pyrrole nitrogens is 1. The Morgan fingerprint density at radius 1 is 1.19 bits per heavy atom. The maximum Gasteiger partial charge on any atom is 0.274 e. The summed E-state index contributed by atoms with van der Waals surface area (Å²) >= 11 is 1.27. The molecule has 0 aliphatic heterocycles. The van der Waals surface area contributed by atoms with Crippen molar-refractivity contribution < 1.29 is 4.79 Å². The maximum absolute atomic E-state index is 12.3. The molecule has 0 unspecified atom stereocenters. The van der Waals surface area contributed by atoms with Crippen LogP contribution in [0.1, 0.15) is 37.6 Å². The van der Waals surface area contributed by atoms with Gasteiger partial charge in [-0.05, 0) is 12.5 Å². The molecular formula is C18H21N5O2S. The van der Waals surface area contributed by atoms with E-state index in [0.29, 0.717) is 17.3 Å². The summed E-state index contributed by atoms with van der Waals surface area (Å²) in [6, 6.07) is 7.95. The van der Waals surface area contributed by atoms with Crippen LogP contribution in [0.4, 0.5) is 0 Å². The minimum Gasteiger partial charge on any atom is -0.298 e. The molecule has 0 saturated carbocycles. The summed E-state index contributed by atoms with van der Waals surface area (Å²) in [6.07, 6.45) is 0.411. The highest BCUT2D eigenvalue weighted by molar-refractivity contribution is 7.99. The Labute approximate surface area is 155 Å². The highest BCUT2D eigenvalue weighted by atomic mass is 32.2. The number of aromatic nitrogens is 5. The Morgan fingerprint density at radius 2 is 1.88 bits per heavy atom. The van der Waals surface area contributed by atoms with E-state index in [1.807, 2.05) is 52.0 Å². The highest BCUT2D eigenvalue weighted by Gasteiger charge is 2.22. The number of fused-ring (bicyclic) bond motifs is 1. The van der Waals surface area contributed by atoms with Gasteiger partial charge in [-0.1, -0.05) is 62.4 Å². The van der Waals surface area contributed by atoms with Crippen LogP contribution < -0.4 is 5.56 Å². The van der Waals surface area contributed by atoms with Crippen molar-refractivity contribution in [3.63, 3.8) is 0 Å². The van der Waals surface area contributed by atoms with Gasteiger partial charge < -0.3 is 0 Å². The number of aryl methyl sites for hydroxylation is 1. The van der Waals surface area contributed by atoms with Gasteiger partial charge in [-0.15, -0.1) is 10.2 Å². The number of aromatic amines is 1. The minimum atomic E-state index is -0.411. The molecule has 0 spiro atoms. The van der Waals surface area contributed by atoms with E-state index in [4.69, 9.17) is 0 Å². The standard InChI is InChI=1S/C18H21N5O2S/c1-11-5-7-12(8-6-11)9-13-15(25)19-16-20-21-17(23(16)22-13)26-10-14(24)18(2,3)4/h5-8H,9-10H2,1-4H3,(H,19,20,25). The molecule has 136 valence electrons. The quantitative estimate of drug-likeness (QED) is 0.693. The fourth-order valence-corrected chi connectivity index (χ4v) is 3.27. The van der Waals surface area contributed by atoms with Gasteiger partial charge in [-0.3, -0.25) is 14.6 Å². The second-order valence-corrected chi connectivity index (χ2v) is 8.19. The second kappa shape index (κ2) is 7.03. The third kappa shape index (κ3) is 4.01. The maximum atomic E-state index is 12.3. The number of ketones is 1. The summed E-state index contributed by atoms with van der Waals surface area (Å²) in [5, 5.41) is 12.9. The lowest BCUT2D eigenvalue weighted by Gasteiger charge is -2.15. The zero-order valence-electron chi connectivity index (χ0n) is 15.2. The molecule has 0 fully saturated rings. The molecule has 0 aliphatic rings. The minimum absolute atomic E-state index is 0.114. The predicted octanol–water partition coefficient (Wildman–Crippen LogP) is 2.42. The van der Waals surface area contributed by atoms with Crippen molar-refractivity contribution in [3.8, 4) is 0 Å². The molecule has 26 heavy (non-hydrogen) atoms. The van der Waals surface area contributed by atoms with E-state index in [-0.39, 0.29) is 22.9 Å². The van der Waals surface area contributed by atoms with Crippen LogP contribution in [0.5, 0.6) is 0 Å². The molecule has 2 aromatic heterocycles. The molecule has 3 aromatic rings. The Hall–Kier alpha value is -2.48. The third-order valence-electron chi connectivity index (χ3n) is 3.98. The molecule has 1 N–H and O–H groups in total. The average Bonchev–Trinajstić information content (AvgIpc) is 2.96. The van der Waals surface area contributed by atoms with Crippen LogP contribution >= 0.6 is 11.8 Å². The van der Waals surface area contributed by atoms with E-state index >= 15 is 0 Å². The number of benzene rings is 1. The molecule has 0 aliphatic carbocycles. The Morgan fingerprint density at radius 3 is 2.54 bits per heavy atom. The zero-order chi connectivity index (χ0) is 18.9. The molecule has 0 bridgehead atoms. The molecule has 7 nitrogen and oxygen atoms in total. The molecular weight excluding hydrogens is 350 g/mol. The van der Waals surface area contributed by atoms with Crippen molar-refractivity contribution in [2.24, 2.45) is 5.41 Å². The van der Waals surface area contributed by atoms with Crippen molar-refractivity contribution in [2.75, 3.05) is 5.75 Å². The van der Waals surface area contributed by atoms with Crippen molar-refractivity contribution in [1.82, 2.24) is 24.8 Å². The summed E-state index contributed by atoms with van der Waals surface area (Å²) in [4.78, 5) is 27.1. The lowest BCUT2D eigenvalue weighted by Crippen LogP contribution is -2.22. The van der Waals surface area contributed by atoms with Gasteiger partial charge in [0.1, 0.15) is 11.5 Å². The monoisotopic (exact) mass is 371 g/mol. The predicted molar refractivity (Wildman–Crippen MR) is 101 cm³/mol. The average molecular weight is 371 g/mol. The van der Waals surface area contributed by atoms with Crippen LogP contribution in [0.25, 0.3) is 5.78 Å². The Kier molecular flexibility index (Phi) is 4.95. The fraction of sp³-hybridized carbons (Fsp3) is 0.389. The first-order valence-electron chi connectivity index (χ1n) is 8.30. The van der Waals surface area contributed by atoms with E-state index in [1.165, 1.54) is 16.3 Å². The van der Waals surface area contributed by atoms with Gasteiger partial charge in [0, 0.05) is 11.8 Å². The van der Waals surface area contributed by atoms with Gasteiger partial charge in [0.2, 0.25) is 5.16 Å². The summed E-state index contributed by atoms with van der Waals surface area (Å²) in [5.74, 6) is 0.662. The fourth-order valence-electron chi connectivity index (χ4n) is 2.22. The summed E-state index contributed by atoms with van der Waals surface area (Å²) < 4.78 is 1.49. The van der Waals surface area contributed by atoms with E-state index in [1.54, 1.807) is 0 Å². The number of hydrogen-bond donors (Lipinski definition) is 1. The van der Waals surface area contributed by atoms with Gasteiger partial charge in [0.05, 0.1) is 5.75 Å². The van der Waals surface area contributed by atoms with Crippen LogP contribution in [0.2, 0.25) is 0 Å². The molecule has 0 amide bonds. The zero-order valence-corrected chi connectivity index (χ0v) is 16.1. The van der Waals surface area contributed by atoms with Gasteiger partial charge >= 0.3 is 0 Å². The second-order valence-electron chi connectivity index (χ2n) is 7.24. The Balaban J connectivity index is 1.87. The SMILES string of the molecule is Cc1ccc(Cc2nn3c(SCC(=O)C(C)(C)C)nnc3[nH]c2=O)cc1. The topological polar surface area (TPSA) is 93.0 Å². The van der Waals surface area contributed by atoms with Crippen molar-refractivity contribution in [2.45, 2.75) is 39.3 Å². The van der Waals surface area contributed by atoms with Crippen LogP contribution in [-0.2, 0) is 11.2 Å². The lowest BCUT2D eigenvalue weighted by molar-refractivity contribution is -0.123. The molecule has 1 aromatic carbocycles. The van der Waals surface area contributed by atoms with E-state index in [0.717, 1.165) is 11.1 Å². The Bertz CT molecular complexity index is 999. The van der Waals surface area contributed by atoms with Crippen LogP contribution in [0.3, 0.4) is 0 Å². The van der Waals surface area contributed by atoms with Gasteiger partial charge in [0.15, 0.2) is 0 Å². The number of carbonyl (C=O) groups excluding carboxylic acids is 1. The largest absolute Gasteiger partial charge is 0.298 e. The lowest BCUT2D eigenvalue weighted by atomic mass is 9.92. The van der Waals surface area contributed by atoms with E-state index in [2.05, 4.69) is 20.3 Å². The van der Waals surface area contributed by atoms with E-state index in [9.17, 15) is 9.59 Å². The van der Waals surface area contributed by atoms with Crippen molar-refractivity contribution in [3.05, 3.63) is 51.4 Å². The normalized spacial score (nSPS) is 11.8. The molecule has 0 atom stereocenters. The van der Waals surface area contributed by atoms with Gasteiger partial charge in [-0.25, -0.2) is 0 Å². The first-order valence-corrected chi connectivity index (χ1v) is 9.29. The number of carbonyl (C=O) groups is 1. The van der Waals surface area contributed by atoms with Gasteiger partial charge in [0.25, 0.3) is 11.3 Å². The van der Waals surface area contributed by atoms with Crippen LogP contribution in [-0.4, -0.2) is 36.3 Å². The summed E-state index contributed by atoms with van der Waals surface area (Å²) in [7, 11) is 0. The number of thioether (sulfide) groups is 1.